The van der Waals surface area contributed by atoms with Gasteiger partial charge >= 0.3 is 0 Å². The van der Waals surface area contributed by atoms with Gasteiger partial charge < -0.3 is 9.88 Å². The Labute approximate surface area is 85.7 Å². The Balaban J connectivity index is 2.24. The summed E-state index contributed by atoms with van der Waals surface area (Å²) in [6, 6.07) is 0. The summed E-state index contributed by atoms with van der Waals surface area (Å²) >= 11 is 0. The van der Waals surface area contributed by atoms with Gasteiger partial charge in [-0.15, -0.1) is 10.2 Å². The summed E-state index contributed by atoms with van der Waals surface area (Å²) in [5, 5.41) is 11.3. The fourth-order valence-electron chi connectivity index (χ4n) is 1.33. The highest BCUT2D eigenvalue weighted by atomic mass is 15.3. The van der Waals surface area contributed by atoms with Gasteiger partial charge in [0.2, 0.25) is 0 Å². The average Bonchev–Trinajstić information content (AvgIpc) is 2.59. The topological polar surface area (TPSA) is 42.7 Å². The number of hydrogen-bond donors (Lipinski definition) is 1. The van der Waals surface area contributed by atoms with Crippen LogP contribution in [-0.4, -0.2) is 27.9 Å². The Kier molecular flexibility index (Phi) is 4.59. The van der Waals surface area contributed by atoms with E-state index in [9.17, 15) is 0 Å². The summed E-state index contributed by atoms with van der Waals surface area (Å²) in [5.41, 5.74) is 0. The predicted molar refractivity (Wildman–Crippen MR) is 57.1 cm³/mol. The van der Waals surface area contributed by atoms with Crippen molar-refractivity contribution in [1.82, 2.24) is 20.1 Å². The van der Waals surface area contributed by atoms with Crippen LogP contribution in [0, 0.1) is 5.92 Å². The first-order valence-electron chi connectivity index (χ1n) is 5.31. The molecule has 0 atom stereocenters. The zero-order chi connectivity index (χ0) is 10.4. The Morgan fingerprint density at radius 1 is 1.50 bits per heavy atom. The van der Waals surface area contributed by atoms with Crippen LogP contribution in [0.2, 0.25) is 0 Å². The SMILES string of the molecule is CCc1nncn1CCNCC(C)C. The number of aromatic nitrogens is 3. The average molecular weight is 196 g/mol. The molecule has 14 heavy (non-hydrogen) atoms. The molecule has 0 fully saturated rings. The largest absolute Gasteiger partial charge is 0.316 e. The molecular weight excluding hydrogens is 176 g/mol. The fourth-order valence-corrected chi connectivity index (χ4v) is 1.33. The second kappa shape index (κ2) is 5.75. The first-order valence-corrected chi connectivity index (χ1v) is 5.31. The Bertz CT molecular complexity index is 254. The summed E-state index contributed by atoms with van der Waals surface area (Å²) in [6.45, 7) is 9.55. The van der Waals surface area contributed by atoms with Crippen LogP contribution >= 0.6 is 0 Å². The number of rotatable bonds is 6. The highest BCUT2D eigenvalue weighted by Crippen LogP contribution is 1.95. The third-order valence-corrected chi connectivity index (χ3v) is 2.09. The Hall–Kier alpha value is -0.900. The van der Waals surface area contributed by atoms with Crippen molar-refractivity contribution in [3.8, 4) is 0 Å². The molecule has 4 nitrogen and oxygen atoms in total. The predicted octanol–water partition coefficient (Wildman–Crippen LogP) is 1.09. The van der Waals surface area contributed by atoms with Crippen LogP contribution in [0.4, 0.5) is 0 Å². The molecule has 1 N–H and O–H groups in total. The van der Waals surface area contributed by atoms with Crippen molar-refractivity contribution in [2.24, 2.45) is 5.92 Å². The van der Waals surface area contributed by atoms with E-state index in [0.29, 0.717) is 5.92 Å². The lowest BCUT2D eigenvalue weighted by molar-refractivity contribution is 0.518. The van der Waals surface area contributed by atoms with E-state index < -0.39 is 0 Å². The summed E-state index contributed by atoms with van der Waals surface area (Å²) in [4.78, 5) is 0. The van der Waals surface area contributed by atoms with Gasteiger partial charge in [0.05, 0.1) is 0 Å². The van der Waals surface area contributed by atoms with Gasteiger partial charge in [0, 0.05) is 19.5 Å². The lowest BCUT2D eigenvalue weighted by Crippen LogP contribution is -2.24. The van der Waals surface area contributed by atoms with Crippen molar-refractivity contribution in [2.45, 2.75) is 33.7 Å². The smallest absolute Gasteiger partial charge is 0.132 e. The van der Waals surface area contributed by atoms with E-state index in [0.717, 1.165) is 31.9 Å². The third-order valence-electron chi connectivity index (χ3n) is 2.09. The summed E-state index contributed by atoms with van der Waals surface area (Å²) in [5.74, 6) is 1.78. The molecule has 0 spiro atoms. The molecule has 0 unspecified atom stereocenters. The van der Waals surface area contributed by atoms with Crippen molar-refractivity contribution >= 4 is 0 Å². The minimum absolute atomic E-state index is 0.710. The van der Waals surface area contributed by atoms with Gasteiger partial charge in [0.15, 0.2) is 0 Å². The maximum atomic E-state index is 4.03. The van der Waals surface area contributed by atoms with E-state index in [1.807, 2.05) is 0 Å². The number of hydrogen-bond acceptors (Lipinski definition) is 3. The van der Waals surface area contributed by atoms with Crippen molar-refractivity contribution in [2.75, 3.05) is 13.1 Å². The van der Waals surface area contributed by atoms with Crippen molar-refractivity contribution in [3.63, 3.8) is 0 Å². The van der Waals surface area contributed by atoms with Gasteiger partial charge in [-0.1, -0.05) is 20.8 Å². The first kappa shape index (κ1) is 11.2. The van der Waals surface area contributed by atoms with E-state index in [1.54, 1.807) is 6.33 Å². The van der Waals surface area contributed by atoms with Gasteiger partial charge in [-0.25, -0.2) is 0 Å². The first-order chi connectivity index (χ1) is 6.74. The Morgan fingerprint density at radius 2 is 2.29 bits per heavy atom. The quantitative estimate of drug-likeness (QED) is 0.692. The van der Waals surface area contributed by atoms with Gasteiger partial charge in [-0.3, -0.25) is 0 Å². The van der Waals surface area contributed by atoms with E-state index in [1.165, 1.54) is 0 Å². The molecule has 0 aliphatic rings. The molecule has 1 rings (SSSR count). The number of aryl methyl sites for hydroxylation is 1. The zero-order valence-electron chi connectivity index (χ0n) is 9.32. The van der Waals surface area contributed by atoms with Crippen molar-refractivity contribution < 1.29 is 0 Å². The Morgan fingerprint density at radius 3 is 2.93 bits per heavy atom. The maximum Gasteiger partial charge on any atom is 0.132 e. The second-order valence-corrected chi connectivity index (χ2v) is 3.89. The molecule has 0 aliphatic carbocycles. The van der Waals surface area contributed by atoms with Gasteiger partial charge in [0.25, 0.3) is 0 Å². The molecule has 1 heterocycles. The monoisotopic (exact) mass is 196 g/mol. The summed E-state index contributed by atoms with van der Waals surface area (Å²) in [6.07, 6.45) is 2.75. The van der Waals surface area contributed by atoms with Crippen LogP contribution in [0.25, 0.3) is 0 Å². The van der Waals surface area contributed by atoms with Gasteiger partial charge in [-0.05, 0) is 12.5 Å². The normalized spacial score (nSPS) is 11.1. The molecule has 4 heteroatoms. The van der Waals surface area contributed by atoms with Gasteiger partial charge in [-0.2, -0.15) is 0 Å². The number of nitrogens with one attached hydrogen (secondary N) is 1. The summed E-state index contributed by atoms with van der Waals surface area (Å²) in [7, 11) is 0. The zero-order valence-corrected chi connectivity index (χ0v) is 9.32. The molecule has 1 aromatic rings. The molecular formula is C10H20N4. The molecule has 80 valence electrons. The fraction of sp³-hybridized carbons (Fsp3) is 0.800. The van der Waals surface area contributed by atoms with Crippen molar-refractivity contribution in [1.29, 1.82) is 0 Å². The van der Waals surface area contributed by atoms with Crippen LogP contribution in [0.3, 0.4) is 0 Å². The molecule has 1 aromatic heterocycles. The second-order valence-electron chi connectivity index (χ2n) is 3.89. The van der Waals surface area contributed by atoms with E-state index in [-0.39, 0.29) is 0 Å². The van der Waals surface area contributed by atoms with Crippen LogP contribution in [0.5, 0.6) is 0 Å². The highest BCUT2D eigenvalue weighted by molar-refractivity contribution is 4.84. The molecule has 0 saturated carbocycles. The summed E-state index contributed by atoms with van der Waals surface area (Å²) < 4.78 is 2.10. The molecule has 0 bridgehead atoms. The van der Waals surface area contributed by atoms with E-state index in [4.69, 9.17) is 0 Å². The van der Waals surface area contributed by atoms with Crippen LogP contribution < -0.4 is 5.32 Å². The maximum absolute atomic E-state index is 4.03. The van der Waals surface area contributed by atoms with Crippen LogP contribution in [0.1, 0.15) is 26.6 Å². The number of nitrogens with zero attached hydrogens (tertiary/aromatic N) is 3. The lowest BCUT2D eigenvalue weighted by Gasteiger charge is -2.08. The lowest BCUT2D eigenvalue weighted by atomic mass is 10.2. The molecule has 0 aliphatic heterocycles. The standard InChI is InChI=1S/C10H20N4/c1-4-10-13-12-8-14(10)6-5-11-7-9(2)3/h8-9,11H,4-7H2,1-3H3. The van der Waals surface area contributed by atoms with Crippen LogP contribution in [0.15, 0.2) is 6.33 Å². The molecule has 0 amide bonds. The van der Waals surface area contributed by atoms with E-state index >= 15 is 0 Å². The minimum atomic E-state index is 0.710. The molecule has 0 aromatic carbocycles. The molecule has 0 radical (unpaired) electrons. The van der Waals surface area contributed by atoms with E-state index in [2.05, 4.69) is 40.9 Å². The highest BCUT2D eigenvalue weighted by Gasteiger charge is 2.00. The minimum Gasteiger partial charge on any atom is -0.316 e. The van der Waals surface area contributed by atoms with Gasteiger partial charge in [0.1, 0.15) is 12.2 Å². The van der Waals surface area contributed by atoms with Crippen LogP contribution in [-0.2, 0) is 13.0 Å². The van der Waals surface area contributed by atoms with Crippen molar-refractivity contribution in [3.05, 3.63) is 12.2 Å². The third kappa shape index (κ3) is 3.46. The molecule has 0 saturated heterocycles.